The lowest BCUT2D eigenvalue weighted by Gasteiger charge is -2.28. The first-order valence-corrected chi connectivity index (χ1v) is 6.04. The van der Waals surface area contributed by atoms with Gasteiger partial charge in [0.1, 0.15) is 6.54 Å². The van der Waals surface area contributed by atoms with Crippen molar-refractivity contribution in [3.05, 3.63) is 11.1 Å². The molecule has 6 heteroatoms. The van der Waals surface area contributed by atoms with E-state index in [1.54, 1.807) is 18.7 Å². The third kappa shape index (κ3) is 2.15. The Labute approximate surface area is 106 Å². The van der Waals surface area contributed by atoms with Gasteiger partial charge in [-0.2, -0.15) is 0 Å². The van der Waals surface area contributed by atoms with Crippen LogP contribution in [0, 0.1) is 0 Å². The highest BCUT2D eigenvalue weighted by molar-refractivity contribution is 6.19. The van der Waals surface area contributed by atoms with Crippen molar-refractivity contribution in [3.8, 4) is 0 Å². The van der Waals surface area contributed by atoms with E-state index in [0.29, 0.717) is 24.2 Å². The lowest BCUT2D eigenvalue weighted by Crippen LogP contribution is -2.50. The molecule has 2 aliphatic rings. The summed E-state index contributed by atoms with van der Waals surface area (Å²) in [5.41, 5.74) is 0.876. The predicted molar refractivity (Wildman–Crippen MR) is 64.5 cm³/mol. The number of piperazine rings is 1. The normalized spacial score (nSPS) is 21.0. The van der Waals surface area contributed by atoms with Crippen molar-refractivity contribution in [3.63, 3.8) is 0 Å². The highest BCUT2D eigenvalue weighted by Gasteiger charge is 2.35. The number of nitrogens with one attached hydrogen (secondary N) is 1. The SMILES string of the molecule is CC1=C(C)C(=O)N(CC(=O)N2CCNCC2)C1=O. The van der Waals surface area contributed by atoms with Gasteiger partial charge in [0.25, 0.3) is 11.8 Å². The van der Waals surface area contributed by atoms with E-state index in [-0.39, 0.29) is 24.3 Å². The number of amides is 3. The van der Waals surface area contributed by atoms with Crippen molar-refractivity contribution < 1.29 is 14.4 Å². The second-order valence-electron chi connectivity index (χ2n) is 4.58. The second kappa shape index (κ2) is 4.89. The molecule has 0 spiro atoms. The number of nitrogens with zero attached hydrogens (tertiary/aromatic N) is 2. The predicted octanol–water partition coefficient (Wildman–Crippen LogP) is -0.877. The first kappa shape index (κ1) is 12.8. The van der Waals surface area contributed by atoms with Gasteiger partial charge in [-0.25, -0.2) is 0 Å². The lowest BCUT2D eigenvalue weighted by atomic mass is 10.2. The van der Waals surface area contributed by atoms with Crippen LogP contribution in [0.1, 0.15) is 13.8 Å². The van der Waals surface area contributed by atoms with Crippen LogP contribution in [0.25, 0.3) is 0 Å². The topological polar surface area (TPSA) is 69.7 Å². The molecule has 1 saturated heterocycles. The van der Waals surface area contributed by atoms with E-state index in [1.165, 1.54) is 0 Å². The van der Waals surface area contributed by atoms with Gasteiger partial charge in [-0.3, -0.25) is 19.3 Å². The molecule has 0 saturated carbocycles. The molecule has 0 aromatic rings. The highest BCUT2D eigenvalue weighted by Crippen LogP contribution is 2.19. The number of hydrogen-bond donors (Lipinski definition) is 1. The fourth-order valence-corrected chi connectivity index (χ4v) is 2.11. The summed E-state index contributed by atoms with van der Waals surface area (Å²) < 4.78 is 0. The Hall–Kier alpha value is -1.69. The van der Waals surface area contributed by atoms with Crippen molar-refractivity contribution in [2.24, 2.45) is 0 Å². The zero-order chi connectivity index (χ0) is 13.3. The molecule has 2 aliphatic heterocycles. The molecule has 2 rings (SSSR count). The Morgan fingerprint density at radius 2 is 1.61 bits per heavy atom. The molecular formula is C12H17N3O3. The first-order valence-electron chi connectivity index (χ1n) is 6.04. The fraction of sp³-hybridized carbons (Fsp3) is 0.583. The number of hydrogen-bond acceptors (Lipinski definition) is 4. The van der Waals surface area contributed by atoms with Gasteiger partial charge in [0.05, 0.1) is 0 Å². The third-order valence-corrected chi connectivity index (χ3v) is 3.46. The van der Waals surface area contributed by atoms with Gasteiger partial charge in [-0.05, 0) is 13.8 Å². The molecule has 3 amide bonds. The van der Waals surface area contributed by atoms with Crippen LogP contribution in [0.15, 0.2) is 11.1 Å². The molecule has 0 aromatic carbocycles. The Bertz CT molecular complexity index is 412. The molecule has 6 nitrogen and oxygen atoms in total. The zero-order valence-electron chi connectivity index (χ0n) is 10.7. The van der Waals surface area contributed by atoms with Crippen LogP contribution in [0.2, 0.25) is 0 Å². The van der Waals surface area contributed by atoms with Gasteiger partial charge in [-0.15, -0.1) is 0 Å². The summed E-state index contributed by atoms with van der Waals surface area (Å²) in [4.78, 5) is 38.3. The molecule has 98 valence electrons. The van der Waals surface area contributed by atoms with Crippen molar-refractivity contribution >= 4 is 17.7 Å². The average Bonchev–Trinajstić information content (AvgIpc) is 2.57. The van der Waals surface area contributed by atoms with Crippen LogP contribution >= 0.6 is 0 Å². The van der Waals surface area contributed by atoms with Crippen molar-refractivity contribution in [2.45, 2.75) is 13.8 Å². The minimum absolute atomic E-state index is 0.146. The van der Waals surface area contributed by atoms with E-state index < -0.39 is 0 Å². The van der Waals surface area contributed by atoms with Crippen LogP contribution in [0.5, 0.6) is 0 Å². The standard InChI is InChI=1S/C12H17N3O3/c1-8-9(2)12(18)15(11(8)17)7-10(16)14-5-3-13-4-6-14/h13H,3-7H2,1-2H3. The summed E-state index contributed by atoms with van der Waals surface area (Å²) in [5, 5.41) is 3.15. The van der Waals surface area contributed by atoms with Crippen molar-refractivity contribution in [1.29, 1.82) is 0 Å². The molecule has 0 bridgehead atoms. The highest BCUT2D eigenvalue weighted by atomic mass is 16.2. The van der Waals surface area contributed by atoms with Crippen LogP contribution in [-0.4, -0.2) is 60.2 Å². The summed E-state index contributed by atoms with van der Waals surface area (Å²) >= 11 is 0. The third-order valence-electron chi connectivity index (χ3n) is 3.46. The number of carbonyl (C=O) groups is 3. The van der Waals surface area contributed by atoms with E-state index in [0.717, 1.165) is 18.0 Å². The molecule has 1 N–H and O–H groups in total. The first-order chi connectivity index (χ1) is 8.52. The molecule has 0 aromatic heterocycles. The maximum absolute atomic E-state index is 12.0. The maximum atomic E-state index is 12.0. The van der Waals surface area contributed by atoms with Crippen molar-refractivity contribution in [1.82, 2.24) is 15.1 Å². The quantitative estimate of drug-likeness (QED) is 0.647. The summed E-state index contributed by atoms with van der Waals surface area (Å²) in [5.74, 6) is -0.859. The molecule has 0 unspecified atom stereocenters. The summed E-state index contributed by atoms with van der Waals surface area (Å²) in [6.07, 6.45) is 0. The van der Waals surface area contributed by atoms with E-state index >= 15 is 0 Å². The molecule has 1 fully saturated rings. The fourth-order valence-electron chi connectivity index (χ4n) is 2.11. The second-order valence-corrected chi connectivity index (χ2v) is 4.58. The Morgan fingerprint density at radius 1 is 1.11 bits per heavy atom. The Morgan fingerprint density at radius 3 is 2.11 bits per heavy atom. The lowest BCUT2D eigenvalue weighted by molar-refractivity contribution is -0.145. The maximum Gasteiger partial charge on any atom is 0.257 e. The van der Waals surface area contributed by atoms with E-state index in [2.05, 4.69) is 5.32 Å². The number of carbonyl (C=O) groups excluding carboxylic acids is 3. The summed E-state index contributed by atoms with van der Waals surface area (Å²) in [6.45, 7) is 5.84. The smallest absolute Gasteiger partial charge is 0.257 e. The molecule has 18 heavy (non-hydrogen) atoms. The summed E-state index contributed by atoms with van der Waals surface area (Å²) in [6, 6.07) is 0. The van der Waals surface area contributed by atoms with Crippen LogP contribution in [0.4, 0.5) is 0 Å². The van der Waals surface area contributed by atoms with Crippen LogP contribution < -0.4 is 5.32 Å². The van der Waals surface area contributed by atoms with Gasteiger partial charge < -0.3 is 10.2 Å². The molecule has 0 radical (unpaired) electrons. The van der Waals surface area contributed by atoms with Crippen LogP contribution in [0.3, 0.4) is 0 Å². The summed E-state index contributed by atoms with van der Waals surface area (Å²) in [7, 11) is 0. The van der Waals surface area contributed by atoms with Gasteiger partial charge in [0, 0.05) is 37.3 Å². The largest absolute Gasteiger partial charge is 0.339 e. The molecule has 0 atom stereocenters. The van der Waals surface area contributed by atoms with Crippen LogP contribution in [-0.2, 0) is 14.4 Å². The number of imide groups is 1. The minimum atomic E-state index is -0.346. The zero-order valence-corrected chi connectivity index (χ0v) is 10.7. The molecular weight excluding hydrogens is 234 g/mol. The van der Waals surface area contributed by atoms with E-state index in [1.807, 2.05) is 0 Å². The molecule has 0 aliphatic carbocycles. The van der Waals surface area contributed by atoms with E-state index in [9.17, 15) is 14.4 Å². The Balaban J connectivity index is 2.00. The molecule has 2 heterocycles. The van der Waals surface area contributed by atoms with Gasteiger partial charge >= 0.3 is 0 Å². The van der Waals surface area contributed by atoms with Gasteiger partial charge in [-0.1, -0.05) is 0 Å². The van der Waals surface area contributed by atoms with E-state index in [4.69, 9.17) is 0 Å². The Kier molecular flexibility index (Phi) is 3.47. The monoisotopic (exact) mass is 251 g/mol. The number of rotatable bonds is 2. The van der Waals surface area contributed by atoms with Crippen molar-refractivity contribution in [2.75, 3.05) is 32.7 Å². The minimum Gasteiger partial charge on any atom is -0.339 e. The van der Waals surface area contributed by atoms with Gasteiger partial charge in [0.15, 0.2) is 0 Å². The van der Waals surface area contributed by atoms with Gasteiger partial charge in [0.2, 0.25) is 5.91 Å². The average molecular weight is 251 g/mol.